The summed E-state index contributed by atoms with van der Waals surface area (Å²) in [5.74, 6) is -0.425. The second-order valence-electron chi connectivity index (χ2n) is 3.76. The summed E-state index contributed by atoms with van der Waals surface area (Å²) in [6, 6.07) is 2.69. The second-order valence-corrected chi connectivity index (χ2v) is 5.57. The van der Waals surface area contributed by atoms with Gasteiger partial charge in [0.15, 0.2) is 11.6 Å². The second kappa shape index (κ2) is 5.48. The van der Waals surface area contributed by atoms with Crippen LogP contribution in [0.2, 0.25) is 10.0 Å². The molecule has 0 unspecified atom stereocenters. The molecule has 0 atom stereocenters. The first-order chi connectivity index (χ1) is 7.68. The molecule has 1 aliphatic carbocycles. The van der Waals surface area contributed by atoms with E-state index in [0.717, 1.165) is 12.8 Å². The Hall–Kier alpha value is -0.120. The van der Waals surface area contributed by atoms with Crippen molar-refractivity contribution in [3.63, 3.8) is 0 Å². The lowest BCUT2D eigenvalue weighted by Gasteiger charge is -2.11. The fourth-order valence-corrected chi connectivity index (χ4v) is 2.99. The molecule has 0 N–H and O–H groups in total. The Bertz CT molecular complexity index is 380. The van der Waals surface area contributed by atoms with E-state index in [1.807, 2.05) is 0 Å². The van der Waals surface area contributed by atoms with Crippen molar-refractivity contribution in [2.45, 2.75) is 30.9 Å². The van der Waals surface area contributed by atoms with Gasteiger partial charge in [0, 0.05) is 5.25 Å². The summed E-state index contributed by atoms with van der Waals surface area (Å²) in [6.07, 6.45) is 4.66. The molecule has 0 bridgehead atoms. The zero-order valence-electron chi connectivity index (χ0n) is 8.51. The molecule has 88 valence electrons. The minimum absolute atomic E-state index is 0.0473. The molecule has 1 aromatic rings. The lowest BCUT2D eigenvalue weighted by atomic mass is 10.3. The van der Waals surface area contributed by atoms with E-state index in [-0.39, 0.29) is 10.8 Å². The molecule has 2 rings (SSSR count). The Labute approximate surface area is 108 Å². The monoisotopic (exact) mass is 280 g/mol. The highest BCUT2D eigenvalue weighted by Gasteiger charge is 2.19. The predicted molar refractivity (Wildman–Crippen MR) is 66.9 cm³/mol. The van der Waals surface area contributed by atoms with E-state index >= 15 is 0 Å². The highest BCUT2D eigenvalue weighted by molar-refractivity contribution is 7.95. The van der Waals surface area contributed by atoms with Crippen LogP contribution in [0.25, 0.3) is 0 Å². The Morgan fingerprint density at radius 2 is 1.94 bits per heavy atom. The average Bonchev–Trinajstić information content (AvgIpc) is 2.77. The van der Waals surface area contributed by atoms with Crippen molar-refractivity contribution in [3.8, 4) is 5.75 Å². The molecule has 0 radical (unpaired) electrons. The van der Waals surface area contributed by atoms with E-state index in [1.165, 1.54) is 37.0 Å². The van der Waals surface area contributed by atoms with Crippen LogP contribution in [0.15, 0.2) is 12.1 Å². The Morgan fingerprint density at radius 3 is 2.62 bits per heavy atom. The van der Waals surface area contributed by atoms with Crippen LogP contribution in [-0.4, -0.2) is 5.25 Å². The highest BCUT2D eigenvalue weighted by atomic mass is 35.5. The van der Waals surface area contributed by atoms with Gasteiger partial charge in [-0.25, -0.2) is 4.39 Å². The van der Waals surface area contributed by atoms with Gasteiger partial charge in [0.25, 0.3) is 0 Å². The van der Waals surface area contributed by atoms with Gasteiger partial charge in [0.1, 0.15) is 5.02 Å². The normalized spacial score (nSPS) is 16.7. The molecule has 1 aliphatic rings. The molecule has 0 aliphatic heterocycles. The minimum Gasteiger partial charge on any atom is -0.421 e. The standard InChI is InChI=1S/C11H11Cl2FOS/c12-8-5-6-9(14)11(10(8)13)15-16-7-3-1-2-4-7/h5-7H,1-4H2. The summed E-state index contributed by atoms with van der Waals surface area (Å²) in [5, 5.41) is 0.895. The van der Waals surface area contributed by atoms with Crippen LogP contribution >= 0.6 is 35.2 Å². The maximum Gasteiger partial charge on any atom is 0.193 e. The zero-order chi connectivity index (χ0) is 11.5. The van der Waals surface area contributed by atoms with E-state index in [0.29, 0.717) is 10.3 Å². The predicted octanol–water partition coefficient (Wildman–Crippen LogP) is 5.10. The molecule has 0 saturated heterocycles. The van der Waals surface area contributed by atoms with Crippen LogP contribution in [0.4, 0.5) is 4.39 Å². The first kappa shape index (κ1) is 12.3. The number of benzene rings is 1. The minimum atomic E-state index is -0.472. The van der Waals surface area contributed by atoms with Crippen molar-refractivity contribution in [2.24, 2.45) is 0 Å². The van der Waals surface area contributed by atoms with Gasteiger partial charge >= 0.3 is 0 Å². The SMILES string of the molecule is Fc1ccc(Cl)c(Cl)c1OSC1CCCC1. The largest absolute Gasteiger partial charge is 0.421 e. The van der Waals surface area contributed by atoms with Crippen molar-refractivity contribution in [1.29, 1.82) is 0 Å². The number of hydrogen-bond acceptors (Lipinski definition) is 2. The van der Waals surface area contributed by atoms with Gasteiger partial charge in [0.2, 0.25) is 0 Å². The molecule has 1 aromatic carbocycles. The van der Waals surface area contributed by atoms with Crippen LogP contribution in [-0.2, 0) is 0 Å². The molecule has 0 amide bonds. The fraction of sp³-hybridized carbons (Fsp3) is 0.455. The Kier molecular flexibility index (Phi) is 4.22. The van der Waals surface area contributed by atoms with Gasteiger partial charge in [-0.15, -0.1) is 0 Å². The number of rotatable bonds is 3. The van der Waals surface area contributed by atoms with Crippen LogP contribution in [0.3, 0.4) is 0 Å². The number of hydrogen-bond donors (Lipinski definition) is 0. The molecule has 1 nitrogen and oxygen atoms in total. The van der Waals surface area contributed by atoms with Gasteiger partial charge in [-0.3, -0.25) is 0 Å². The summed E-state index contributed by atoms with van der Waals surface area (Å²) in [6.45, 7) is 0. The van der Waals surface area contributed by atoms with Gasteiger partial charge in [-0.2, -0.15) is 0 Å². The molecule has 0 heterocycles. The molecule has 16 heavy (non-hydrogen) atoms. The lowest BCUT2D eigenvalue weighted by Crippen LogP contribution is -1.98. The summed E-state index contributed by atoms with van der Waals surface area (Å²) in [4.78, 5) is 0. The van der Waals surface area contributed by atoms with E-state index < -0.39 is 5.82 Å². The third-order valence-corrected chi connectivity index (χ3v) is 4.37. The third kappa shape index (κ3) is 2.76. The summed E-state index contributed by atoms with van der Waals surface area (Å²) >= 11 is 13.0. The molecule has 1 fully saturated rings. The molecule has 0 spiro atoms. The zero-order valence-corrected chi connectivity index (χ0v) is 10.8. The van der Waals surface area contributed by atoms with E-state index in [2.05, 4.69) is 0 Å². The van der Waals surface area contributed by atoms with Crippen LogP contribution < -0.4 is 4.18 Å². The molecule has 0 aromatic heterocycles. The quantitative estimate of drug-likeness (QED) is 0.563. The topological polar surface area (TPSA) is 9.23 Å². The van der Waals surface area contributed by atoms with Crippen molar-refractivity contribution in [2.75, 3.05) is 0 Å². The van der Waals surface area contributed by atoms with E-state index in [4.69, 9.17) is 27.4 Å². The molecular formula is C11H11Cl2FOS. The Balaban J connectivity index is 2.05. The van der Waals surface area contributed by atoms with Gasteiger partial charge in [0.05, 0.1) is 17.1 Å². The van der Waals surface area contributed by atoms with Gasteiger partial charge in [-0.05, 0) is 25.0 Å². The fourth-order valence-electron chi connectivity index (χ4n) is 1.69. The van der Waals surface area contributed by atoms with Crippen molar-refractivity contribution < 1.29 is 8.57 Å². The first-order valence-corrected chi connectivity index (χ1v) is 6.71. The lowest BCUT2D eigenvalue weighted by molar-refractivity contribution is 0.538. The van der Waals surface area contributed by atoms with Crippen LogP contribution in [0.5, 0.6) is 5.75 Å². The average molecular weight is 281 g/mol. The summed E-state index contributed by atoms with van der Waals surface area (Å²) in [5.41, 5.74) is 0. The maximum absolute atomic E-state index is 13.4. The van der Waals surface area contributed by atoms with E-state index in [9.17, 15) is 4.39 Å². The van der Waals surface area contributed by atoms with Gasteiger partial charge < -0.3 is 4.18 Å². The van der Waals surface area contributed by atoms with Crippen LogP contribution in [0.1, 0.15) is 25.7 Å². The third-order valence-electron chi connectivity index (χ3n) is 2.57. The van der Waals surface area contributed by atoms with Crippen molar-refractivity contribution in [3.05, 3.63) is 28.0 Å². The Morgan fingerprint density at radius 1 is 1.25 bits per heavy atom. The highest BCUT2D eigenvalue weighted by Crippen LogP contribution is 2.38. The maximum atomic E-state index is 13.4. The smallest absolute Gasteiger partial charge is 0.193 e. The molecule has 1 saturated carbocycles. The summed E-state index contributed by atoms with van der Waals surface area (Å²) < 4.78 is 18.8. The molecular weight excluding hydrogens is 270 g/mol. The summed E-state index contributed by atoms with van der Waals surface area (Å²) in [7, 11) is 0. The molecule has 5 heteroatoms. The van der Waals surface area contributed by atoms with Crippen LogP contribution in [0, 0.1) is 5.82 Å². The van der Waals surface area contributed by atoms with Gasteiger partial charge in [-0.1, -0.05) is 36.0 Å². The number of halogens is 3. The van der Waals surface area contributed by atoms with Crippen molar-refractivity contribution >= 4 is 35.2 Å². The van der Waals surface area contributed by atoms with Crippen molar-refractivity contribution in [1.82, 2.24) is 0 Å². The van der Waals surface area contributed by atoms with E-state index in [1.54, 1.807) is 0 Å². The first-order valence-electron chi connectivity index (χ1n) is 5.15.